The number of nitrogens with zero attached hydrogens (tertiary/aromatic N) is 2. The summed E-state index contributed by atoms with van der Waals surface area (Å²) in [7, 11) is 0. The summed E-state index contributed by atoms with van der Waals surface area (Å²) in [5.74, 6) is 0.231. The van der Waals surface area contributed by atoms with Crippen LogP contribution in [0.2, 0.25) is 0 Å². The molecule has 0 saturated heterocycles. The van der Waals surface area contributed by atoms with Gasteiger partial charge in [-0.05, 0) is 30.2 Å². The molecule has 3 nitrogen and oxygen atoms in total. The fourth-order valence-electron chi connectivity index (χ4n) is 1.42. The van der Waals surface area contributed by atoms with Crippen molar-refractivity contribution >= 4 is 0 Å². The van der Waals surface area contributed by atoms with Crippen LogP contribution >= 0.6 is 0 Å². The zero-order valence-electron chi connectivity index (χ0n) is 8.89. The number of benzene rings is 1. The van der Waals surface area contributed by atoms with Gasteiger partial charge in [0.15, 0.2) is 0 Å². The summed E-state index contributed by atoms with van der Waals surface area (Å²) in [6.45, 7) is 1.71. The highest BCUT2D eigenvalue weighted by molar-refractivity contribution is 5.28. The van der Waals surface area contributed by atoms with Crippen LogP contribution in [0, 0.1) is 12.7 Å². The van der Waals surface area contributed by atoms with E-state index < -0.39 is 6.04 Å². The number of hydrogen-bond donors (Lipinski definition) is 1. The van der Waals surface area contributed by atoms with Crippen LogP contribution in [0.25, 0.3) is 0 Å². The van der Waals surface area contributed by atoms with Gasteiger partial charge in [0.25, 0.3) is 0 Å². The first kappa shape index (κ1) is 10.7. The molecule has 0 spiro atoms. The molecule has 0 saturated carbocycles. The van der Waals surface area contributed by atoms with E-state index in [1.54, 1.807) is 37.5 Å². The van der Waals surface area contributed by atoms with Crippen molar-refractivity contribution in [2.45, 2.75) is 13.0 Å². The standard InChI is InChI=1S/C12H12FN3/c1-8-3-4-9(7-10(8)13)11(14)12-15-5-2-6-16-12/h2-7,11H,14H2,1H3. The van der Waals surface area contributed by atoms with Crippen molar-refractivity contribution in [1.82, 2.24) is 9.97 Å². The van der Waals surface area contributed by atoms with E-state index in [4.69, 9.17) is 5.73 Å². The van der Waals surface area contributed by atoms with Crippen LogP contribution in [0.15, 0.2) is 36.7 Å². The molecule has 1 unspecified atom stereocenters. The largest absolute Gasteiger partial charge is 0.318 e. The van der Waals surface area contributed by atoms with Gasteiger partial charge in [-0.15, -0.1) is 0 Å². The van der Waals surface area contributed by atoms with Gasteiger partial charge in [-0.2, -0.15) is 0 Å². The molecule has 0 bridgehead atoms. The molecule has 1 heterocycles. The minimum atomic E-state index is -0.490. The van der Waals surface area contributed by atoms with Crippen LogP contribution in [0.3, 0.4) is 0 Å². The Morgan fingerprint density at radius 1 is 1.25 bits per heavy atom. The van der Waals surface area contributed by atoms with Gasteiger partial charge < -0.3 is 5.73 Å². The molecular formula is C12H12FN3. The van der Waals surface area contributed by atoms with E-state index in [0.29, 0.717) is 17.0 Å². The van der Waals surface area contributed by atoms with Crippen molar-refractivity contribution < 1.29 is 4.39 Å². The topological polar surface area (TPSA) is 51.8 Å². The van der Waals surface area contributed by atoms with Gasteiger partial charge >= 0.3 is 0 Å². The third-order valence-corrected chi connectivity index (χ3v) is 2.42. The van der Waals surface area contributed by atoms with Crippen LogP contribution in [0.1, 0.15) is 23.0 Å². The summed E-state index contributed by atoms with van der Waals surface area (Å²) in [6, 6.07) is 6.14. The fourth-order valence-corrected chi connectivity index (χ4v) is 1.42. The molecule has 2 aromatic rings. The van der Waals surface area contributed by atoms with Gasteiger partial charge in [-0.25, -0.2) is 14.4 Å². The number of rotatable bonds is 2. The van der Waals surface area contributed by atoms with Crippen molar-refractivity contribution in [3.63, 3.8) is 0 Å². The Balaban J connectivity index is 2.34. The zero-order valence-corrected chi connectivity index (χ0v) is 8.89. The first-order chi connectivity index (χ1) is 7.68. The van der Waals surface area contributed by atoms with Crippen molar-refractivity contribution in [2.75, 3.05) is 0 Å². The maximum atomic E-state index is 13.4. The molecule has 1 aromatic heterocycles. The minimum Gasteiger partial charge on any atom is -0.318 e. The smallest absolute Gasteiger partial charge is 0.149 e. The molecule has 2 N–H and O–H groups in total. The molecule has 0 aliphatic heterocycles. The molecular weight excluding hydrogens is 205 g/mol. The highest BCUT2D eigenvalue weighted by Crippen LogP contribution is 2.18. The molecule has 0 amide bonds. The zero-order chi connectivity index (χ0) is 11.5. The average molecular weight is 217 g/mol. The number of halogens is 1. The van der Waals surface area contributed by atoms with Crippen LogP contribution in [-0.4, -0.2) is 9.97 Å². The van der Waals surface area contributed by atoms with Crippen LogP contribution in [0.4, 0.5) is 4.39 Å². The molecule has 0 aliphatic rings. The second-order valence-corrected chi connectivity index (χ2v) is 3.59. The highest BCUT2D eigenvalue weighted by Gasteiger charge is 2.12. The minimum absolute atomic E-state index is 0.260. The molecule has 1 atom stereocenters. The lowest BCUT2D eigenvalue weighted by Crippen LogP contribution is -2.15. The van der Waals surface area contributed by atoms with Crippen LogP contribution in [0.5, 0.6) is 0 Å². The monoisotopic (exact) mass is 217 g/mol. The van der Waals surface area contributed by atoms with E-state index in [0.717, 1.165) is 0 Å². The van der Waals surface area contributed by atoms with Gasteiger partial charge in [0, 0.05) is 12.4 Å². The number of nitrogens with two attached hydrogens (primary N) is 1. The Morgan fingerprint density at radius 2 is 1.94 bits per heavy atom. The molecule has 1 aromatic carbocycles. The van der Waals surface area contributed by atoms with E-state index in [1.807, 2.05) is 0 Å². The molecule has 4 heteroatoms. The number of hydrogen-bond acceptors (Lipinski definition) is 3. The summed E-state index contributed by atoms with van der Waals surface area (Å²) >= 11 is 0. The predicted octanol–water partition coefficient (Wildman–Crippen LogP) is 1.97. The van der Waals surface area contributed by atoms with Gasteiger partial charge in [-0.1, -0.05) is 12.1 Å². The second-order valence-electron chi connectivity index (χ2n) is 3.59. The van der Waals surface area contributed by atoms with E-state index in [9.17, 15) is 4.39 Å². The number of aryl methyl sites for hydroxylation is 1. The molecule has 82 valence electrons. The molecule has 0 radical (unpaired) electrons. The lowest BCUT2D eigenvalue weighted by atomic mass is 10.0. The number of aromatic nitrogens is 2. The van der Waals surface area contributed by atoms with Crippen LogP contribution in [-0.2, 0) is 0 Å². The maximum absolute atomic E-state index is 13.4. The third kappa shape index (κ3) is 2.06. The van der Waals surface area contributed by atoms with Crippen LogP contribution < -0.4 is 5.73 Å². The van der Waals surface area contributed by atoms with Crippen molar-refractivity contribution in [1.29, 1.82) is 0 Å². The van der Waals surface area contributed by atoms with E-state index in [2.05, 4.69) is 9.97 Å². The normalized spacial score (nSPS) is 12.4. The van der Waals surface area contributed by atoms with E-state index in [1.165, 1.54) is 6.07 Å². The Hall–Kier alpha value is -1.81. The van der Waals surface area contributed by atoms with Gasteiger partial charge in [-0.3, -0.25) is 0 Å². The molecule has 16 heavy (non-hydrogen) atoms. The Labute approximate surface area is 93.2 Å². The molecule has 2 rings (SSSR count). The lowest BCUT2D eigenvalue weighted by Gasteiger charge is -2.10. The third-order valence-electron chi connectivity index (χ3n) is 2.42. The average Bonchev–Trinajstić information content (AvgIpc) is 2.33. The Kier molecular flexibility index (Phi) is 2.92. The van der Waals surface area contributed by atoms with Gasteiger partial charge in [0.2, 0.25) is 0 Å². The summed E-state index contributed by atoms with van der Waals surface area (Å²) in [5, 5.41) is 0. The second kappa shape index (κ2) is 4.37. The van der Waals surface area contributed by atoms with Gasteiger partial charge in [0.1, 0.15) is 11.6 Å². The first-order valence-corrected chi connectivity index (χ1v) is 4.97. The molecule has 0 aliphatic carbocycles. The first-order valence-electron chi connectivity index (χ1n) is 4.97. The predicted molar refractivity (Wildman–Crippen MR) is 59.2 cm³/mol. The van der Waals surface area contributed by atoms with Crippen molar-refractivity contribution in [3.8, 4) is 0 Å². The summed E-state index contributed by atoms with van der Waals surface area (Å²) < 4.78 is 13.4. The maximum Gasteiger partial charge on any atom is 0.149 e. The Morgan fingerprint density at radius 3 is 2.56 bits per heavy atom. The summed E-state index contributed by atoms with van der Waals surface area (Å²) in [4.78, 5) is 8.10. The van der Waals surface area contributed by atoms with Crippen molar-refractivity contribution in [3.05, 3.63) is 59.4 Å². The van der Waals surface area contributed by atoms with E-state index in [-0.39, 0.29) is 5.82 Å². The molecule has 0 fully saturated rings. The van der Waals surface area contributed by atoms with Crippen molar-refractivity contribution in [2.24, 2.45) is 5.73 Å². The summed E-state index contributed by atoms with van der Waals surface area (Å²) in [5.41, 5.74) is 7.22. The van der Waals surface area contributed by atoms with E-state index >= 15 is 0 Å². The summed E-state index contributed by atoms with van der Waals surface area (Å²) in [6.07, 6.45) is 3.24. The Bertz CT molecular complexity index is 485. The fraction of sp³-hybridized carbons (Fsp3) is 0.167. The quantitative estimate of drug-likeness (QED) is 0.836. The highest BCUT2D eigenvalue weighted by atomic mass is 19.1. The SMILES string of the molecule is Cc1ccc(C(N)c2ncccn2)cc1F. The lowest BCUT2D eigenvalue weighted by molar-refractivity contribution is 0.613. The van der Waals surface area contributed by atoms with Gasteiger partial charge in [0.05, 0.1) is 6.04 Å².